The monoisotopic (exact) mass is 295 g/mol. The zero-order valence-electron chi connectivity index (χ0n) is 13.0. The topological polar surface area (TPSA) is 30.5 Å². The lowest BCUT2D eigenvalue weighted by atomic mass is 10.1. The van der Waals surface area contributed by atoms with Crippen LogP contribution in [0.4, 0.5) is 4.39 Å². The minimum Gasteiger partial charge on any atom is -0.491 e. The van der Waals surface area contributed by atoms with E-state index in [1.165, 1.54) is 12.5 Å². The second-order valence-electron chi connectivity index (χ2n) is 5.66. The smallest absolute Gasteiger partial charge is 0.124 e. The SMILES string of the molecule is CCCNC(C)c1cc(F)ccc1OCC1CCCCO1. The van der Waals surface area contributed by atoms with Gasteiger partial charge in [0.15, 0.2) is 0 Å². The third-order valence-electron chi connectivity index (χ3n) is 3.84. The highest BCUT2D eigenvalue weighted by Crippen LogP contribution is 2.27. The molecule has 3 nitrogen and oxygen atoms in total. The third-order valence-corrected chi connectivity index (χ3v) is 3.84. The van der Waals surface area contributed by atoms with Gasteiger partial charge in [0.05, 0.1) is 6.10 Å². The Morgan fingerprint density at radius 2 is 2.29 bits per heavy atom. The lowest BCUT2D eigenvalue weighted by Crippen LogP contribution is -2.26. The molecule has 4 heteroatoms. The standard InChI is InChI=1S/C17H26FNO2/c1-3-9-19-13(2)16-11-14(18)7-8-17(16)21-12-15-6-4-5-10-20-15/h7-8,11,13,15,19H,3-6,9-10,12H2,1-2H3. The minimum atomic E-state index is -0.226. The van der Waals surface area contributed by atoms with Crippen LogP contribution in [0.3, 0.4) is 0 Å². The van der Waals surface area contributed by atoms with Crippen molar-refractivity contribution in [3.8, 4) is 5.75 Å². The first-order valence-electron chi connectivity index (χ1n) is 7.98. The number of ether oxygens (including phenoxy) is 2. The molecule has 1 aliphatic heterocycles. The van der Waals surface area contributed by atoms with E-state index in [9.17, 15) is 4.39 Å². The second kappa shape index (κ2) is 8.35. The predicted molar refractivity (Wildman–Crippen MR) is 82.2 cm³/mol. The lowest BCUT2D eigenvalue weighted by molar-refractivity contribution is -0.0113. The van der Waals surface area contributed by atoms with Crippen LogP contribution in [-0.2, 0) is 4.74 Å². The first-order chi connectivity index (χ1) is 10.2. The van der Waals surface area contributed by atoms with E-state index >= 15 is 0 Å². The van der Waals surface area contributed by atoms with Gasteiger partial charge in [-0.1, -0.05) is 6.92 Å². The summed E-state index contributed by atoms with van der Waals surface area (Å²) < 4.78 is 25.1. The fourth-order valence-corrected chi connectivity index (χ4v) is 2.58. The fourth-order valence-electron chi connectivity index (χ4n) is 2.58. The van der Waals surface area contributed by atoms with Crippen molar-refractivity contribution in [3.05, 3.63) is 29.6 Å². The van der Waals surface area contributed by atoms with E-state index < -0.39 is 0 Å². The minimum absolute atomic E-state index is 0.0722. The molecule has 1 aliphatic rings. The summed E-state index contributed by atoms with van der Waals surface area (Å²) in [5, 5.41) is 3.38. The fraction of sp³-hybridized carbons (Fsp3) is 0.647. The predicted octanol–water partition coefficient (Wildman–Crippen LogP) is 3.83. The van der Waals surface area contributed by atoms with E-state index in [0.29, 0.717) is 6.61 Å². The van der Waals surface area contributed by atoms with E-state index in [2.05, 4.69) is 12.2 Å². The highest BCUT2D eigenvalue weighted by Gasteiger charge is 2.17. The van der Waals surface area contributed by atoms with Crippen molar-refractivity contribution in [1.82, 2.24) is 5.32 Å². The first kappa shape index (κ1) is 16.2. The molecule has 1 aromatic carbocycles. The average Bonchev–Trinajstić information content (AvgIpc) is 2.52. The van der Waals surface area contributed by atoms with Crippen LogP contribution in [0, 0.1) is 5.82 Å². The molecule has 1 aromatic rings. The Morgan fingerprint density at radius 3 is 3.00 bits per heavy atom. The van der Waals surface area contributed by atoms with Gasteiger partial charge in [-0.3, -0.25) is 0 Å². The molecule has 0 amide bonds. The van der Waals surface area contributed by atoms with Crippen LogP contribution in [-0.4, -0.2) is 25.9 Å². The van der Waals surface area contributed by atoms with Gasteiger partial charge in [-0.2, -0.15) is 0 Å². The van der Waals surface area contributed by atoms with Crippen molar-refractivity contribution >= 4 is 0 Å². The van der Waals surface area contributed by atoms with Crippen LogP contribution in [0.15, 0.2) is 18.2 Å². The number of hydrogen-bond donors (Lipinski definition) is 1. The van der Waals surface area contributed by atoms with Gasteiger partial charge in [0.2, 0.25) is 0 Å². The van der Waals surface area contributed by atoms with Crippen LogP contribution in [0.5, 0.6) is 5.75 Å². The van der Waals surface area contributed by atoms with E-state index in [4.69, 9.17) is 9.47 Å². The van der Waals surface area contributed by atoms with E-state index in [0.717, 1.165) is 43.7 Å². The maximum Gasteiger partial charge on any atom is 0.124 e. The number of halogens is 1. The van der Waals surface area contributed by atoms with Crippen LogP contribution < -0.4 is 10.1 Å². The van der Waals surface area contributed by atoms with Crippen LogP contribution in [0.2, 0.25) is 0 Å². The molecular weight excluding hydrogens is 269 g/mol. The van der Waals surface area contributed by atoms with Gasteiger partial charge in [-0.15, -0.1) is 0 Å². The molecule has 0 bridgehead atoms. The van der Waals surface area contributed by atoms with Gasteiger partial charge in [-0.05, 0) is 57.4 Å². The van der Waals surface area contributed by atoms with Crippen molar-refractivity contribution in [3.63, 3.8) is 0 Å². The van der Waals surface area contributed by atoms with Crippen molar-refractivity contribution in [2.24, 2.45) is 0 Å². The lowest BCUT2D eigenvalue weighted by Gasteiger charge is -2.24. The zero-order chi connectivity index (χ0) is 15.1. The van der Waals surface area contributed by atoms with Crippen molar-refractivity contribution in [2.45, 2.75) is 51.7 Å². The molecule has 2 atom stereocenters. The Labute approximate surface area is 126 Å². The summed E-state index contributed by atoms with van der Waals surface area (Å²) in [5.41, 5.74) is 0.874. The van der Waals surface area contributed by atoms with E-state index in [1.807, 2.05) is 6.92 Å². The molecular formula is C17H26FNO2. The Kier molecular flexibility index (Phi) is 6.46. The van der Waals surface area contributed by atoms with Gasteiger partial charge in [0.25, 0.3) is 0 Å². The zero-order valence-corrected chi connectivity index (χ0v) is 13.0. The summed E-state index contributed by atoms with van der Waals surface area (Å²) >= 11 is 0. The molecule has 1 N–H and O–H groups in total. The molecule has 1 heterocycles. The van der Waals surface area contributed by atoms with Crippen LogP contribution in [0.1, 0.15) is 51.1 Å². The van der Waals surface area contributed by atoms with Crippen LogP contribution >= 0.6 is 0 Å². The molecule has 0 radical (unpaired) electrons. The van der Waals surface area contributed by atoms with Crippen molar-refractivity contribution in [2.75, 3.05) is 19.8 Å². The summed E-state index contributed by atoms with van der Waals surface area (Å²) in [6, 6.07) is 4.80. The number of nitrogens with one attached hydrogen (secondary N) is 1. The normalized spacial score (nSPS) is 20.2. The van der Waals surface area contributed by atoms with Crippen LogP contribution in [0.25, 0.3) is 0 Å². The summed E-state index contributed by atoms with van der Waals surface area (Å²) in [4.78, 5) is 0. The molecule has 0 spiro atoms. The average molecular weight is 295 g/mol. The van der Waals surface area contributed by atoms with E-state index in [-0.39, 0.29) is 18.0 Å². The largest absolute Gasteiger partial charge is 0.491 e. The number of rotatable bonds is 7. The van der Waals surface area contributed by atoms with Gasteiger partial charge in [0, 0.05) is 18.2 Å². The first-order valence-corrected chi connectivity index (χ1v) is 7.98. The summed E-state index contributed by atoms with van der Waals surface area (Å²) in [6.45, 7) is 6.41. The Bertz CT molecular complexity index is 433. The Morgan fingerprint density at radius 1 is 1.43 bits per heavy atom. The quantitative estimate of drug-likeness (QED) is 0.829. The van der Waals surface area contributed by atoms with Gasteiger partial charge in [0.1, 0.15) is 18.2 Å². The summed E-state index contributed by atoms with van der Waals surface area (Å²) in [7, 11) is 0. The molecule has 1 saturated heterocycles. The summed E-state index contributed by atoms with van der Waals surface area (Å²) in [6.07, 6.45) is 4.58. The third kappa shape index (κ3) is 4.97. The van der Waals surface area contributed by atoms with Gasteiger partial charge in [-0.25, -0.2) is 4.39 Å². The highest BCUT2D eigenvalue weighted by atomic mass is 19.1. The number of hydrogen-bond acceptors (Lipinski definition) is 3. The molecule has 118 valence electrons. The second-order valence-corrected chi connectivity index (χ2v) is 5.66. The van der Waals surface area contributed by atoms with Crippen molar-refractivity contribution in [1.29, 1.82) is 0 Å². The van der Waals surface area contributed by atoms with Crippen molar-refractivity contribution < 1.29 is 13.9 Å². The summed E-state index contributed by atoms with van der Waals surface area (Å²) in [5.74, 6) is 0.526. The Balaban J connectivity index is 1.99. The molecule has 21 heavy (non-hydrogen) atoms. The maximum atomic E-state index is 13.5. The molecule has 0 aromatic heterocycles. The molecule has 0 saturated carbocycles. The highest BCUT2D eigenvalue weighted by molar-refractivity contribution is 5.36. The molecule has 0 aliphatic carbocycles. The van der Waals surface area contributed by atoms with Gasteiger partial charge >= 0.3 is 0 Å². The molecule has 2 unspecified atom stereocenters. The van der Waals surface area contributed by atoms with E-state index in [1.54, 1.807) is 12.1 Å². The van der Waals surface area contributed by atoms with Gasteiger partial charge < -0.3 is 14.8 Å². The maximum absolute atomic E-state index is 13.5. The molecule has 2 rings (SSSR count). The number of benzene rings is 1. The molecule has 1 fully saturated rings. The Hall–Kier alpha value is -1.13.